The van der Waals surface area contributed by atoms with Crippen LogP contribution in [0.3, 0.4) is 0 Å². The van der Waals surface area contributed by atoms with Crippen molar-refractivity contribution < 1.29 is 4.92 Å². The van der Waals surface area contributed by atoms with Crippen molar-refractivity contribution in [1.82, 2.24) is 4.98 Å². The van der Waals surface area contributed by atoms with Crippen LogP contribution < -0.4 is 0 Å². The first-order valence-corrected chi connectivity index (χ1v) is 4.47. The van der Waals surface area contributed by atoms with Crippen molar-refractivity contribution in [3.63, 3.8) is 0 Å². The van der Waals surface area contributed by atoms with Crippen LogP contribution in [-0.4, -0.2) is 9.91 Å². The molecule has 0 saturated heterocycles. The Balaban J connectivity index is 3.21. The molecule has 0 aromatic carbocycles. The molecule has 1 heterocycles. The van der Waals surface area contributed by atoms with E-state index in [1.54, 1.807) is 0 Å². The number of aromatic nitrogens is 1. The number of hydrogen-bond donors (Lipinski definition) is 1. The van der Waals surface area contributed by atoms with Crippen LogP contribution >= 0.6 is 28.6 Å². The van der Waals surface area contributed by atoms with Crippen molar-refractivity contribution in [3.05, 3.63) is 32.5 Å². The van der Waals surface area contributed by atoms with Gasteiger partial charge in [-0.15, -0.1) is 0 Å². The van der Waals surface area contributed by atoms with Crippen molar-refractivity contribution in [2.75, 3.05) is 0 Å². The zero-order chi connectivity index (χ0) is 9.14. The molecular formula is C6H5BrN2O2S. The van der Waals surface area contributed by atoms with Crippen molar-refractivity contribution in [3.8, 4) is 0 Å². The van der Waals surface area contributed by atoms with E-state index in [4.69, 9.17) is 0 Å². The summed E-state index contributed by atoms with van der Waals surface area (Å²) < 4.78 is 0.597. The molecule has 0 saturated carbocycles. The van der Waals surface area contributed by atoms with Crippen molar-refractivity contribution in [1.29, 1.82) is 0 Å². The van der Waals surface area contributed by atoms with Gasteiger partial charge in [0.1, 0.15) is 5.69 Å². The van der Waals surface area contributed by atoms with Crippen LogP contribution in [0.15, 0.2) is 16.7 Å². The third-order valence-corrected chi connectivity index (χ3v) is 1.99. The molecule has 1 rings (SSSR count). The zero-order valence-electron chi connectivity index (χ0n) is 5.90. The molecule has 0 atom stereocenters. The topological polar surface area (TPSA) is 56.0 Å². The van der Waals surface area contributed by atoms with Crippen molar-refractivity contribution in [2.24, 2.45) is 0 Å². The van der Waals surface area contributed by atoms with Gasteiger partial charge in [-0.05, 0) is 15.9 Å². The van der Waals surface area contributed by atoms with Crippen LogP contribution in [-0.2, 0) is 5.75 Å². The summed E-state index contributed by atoms with van der Waals surface area (Å²) in [6, 6.07) is 1.42. The highest BCUT2D eigenvalue weighted by molar-refractivity contribution is 9.10. The predicted molar refractivity (Wildman–Crippen MR) is 51.3 cm³/mol. The molecule has 12 heavy (non-hydrogen) atoms. The number of pyridine rings is 1. The number of nitrogens with zero attached hydrogens (tertiary/aromatic N) is 2. The Hall–Kier alpha value is -0.620. The lowest BCUT2D eigenvalue weighted by Gasteiger charge is -1.97. The lowest BCUT2D eigenvalue weighted by atomic mass is 10.3. The normalized spacial score (nSPS) is 9.83. The Bertz CT molecular complexity index is 318. The second kappa shape index (κ2) is 3.86. The van der Waals surface area contributed by atoms with E-state index >= 15 is 0 Å². The average Bonchev–Trinajstić information content (AvgIpc) is 2.04. The molecule has 0 radical (unpaired) electrons. The summed E-state index contributed by atoms with van der Waals surface area (Å²) in [7, 11) is 0. The Labute approximate surface area is 82.7 Å². The molecule has 64 valence electrons. The van der Waals surface area contributed by atoms with Crippen LogP contribution in [0.25, 0.3) is 0 Å². The highest BCUT2D eigenvalue weighted by Crippen LogP contribution is 2.21. The molecule has 0 fully saturated rings. The van der Waals surface area contributed by atoms with E-state index in [1.807, 2.05) is 0 Å². The molecule has 4 nitrogen and oxygen atoms in total. The van der Waals surface area contributed by atoms with Gasteiger partial charge in [0, 0.05) is 22.5 Å². The quantitative estimate of drug-likeness (QED) is 0.496. The molecule has 0 spiro atoms. The number of nitro groups is 1. The second-order valence-electron chi connectivity index (χ2n) is 2.03. The maximum absolute atomic E-state index is 10.4. The van der Waals surface area contributed by atoms with Gasteiger partial charge in [0.05, 0.1) is 4.92 Å². The van der Waals surface area contributed by atoms with E-state index in [9.17, 15) is 10.1 Å². The van der Waals surface area contributed by atoms with E-state index in [0.717, 1.165) is 0 Å². The fourth-order valence-corrected chi connectivity index (χ4v) is 1.30. The molecule has 0 N–H and O–H groups in total. The SMILES string of the molecule is O=[N+]([O-])c1cc(Br)cnc1CS. The van der Waals surface area contributed by atoms with Crippen LogP contribution in [0.1, 0.15) is 5.69 Å². The molecule has 6 heteroatoms. The van der Waals surface area contributed by atoms with Crippen molar-refractivity contribution in [2.45, 2.75) is 5.75 Å². The minimum Gasteiger partial charge on any atom is -0.258 e. The minimum atomic E-state index is -0.469. The molecule has 0 amide bonds. The number of thiol groups is 1. The van der Waals surface area contributed by atoms with Crippen LogP contribution in [0.2, 0.25) is 0 Å². The summed E-state index contributed by atoms with van der Waals surface area (Å²) in [5.74, 6) is 0.267. The van der Waals surface area contributed by atoms with Gasteiger partial charge in [0.2, 0.25) is 0 Å². The first-order chi connectivity index (χ1) is 5.65. The lowest BCUT2D eigenvalue weighted by Crippen LogP contribution is -1.96. The van der Waals surface area contributed by atoms with Gasteiger partial charge >= 0.3 is 0 Å². The molecule has 0 aliphatic rings. The third kappa shape index (κ3) is 1.95. The van der Waals surface area contributed by atoms with E-state index < -0.39 is 4.92 Å². The maximum atomic E-state index is 10.4. The van der Waals surface area contributed by atoms with Gasteiger partial charge in [-0.25, -0.2) is 0 Å². The Kier molecular flexibility index (Phi) is 3.05. The third-order valence-electron chi connectivity index (χ3n) is 1.26. The molecule has 1 aromatic rings. The first kappa shape index (κ1) is 9.47. The molecule has 1 aromatic heterocycles. The van der Waals surface area contributed by atoms with Crippen LogP contribution in [0, 0.1) is 10.1 Å². The molecule has 0 aliphatic heterocycles. The van der Waals surface area contributed by atoms with E-state index in [0.29, 0.717) is 10.2 Å². The smallest absolute Gasteiger partial charge is 0.258 e. The predicted octanol–water partition coefficient (Wildman–Crippen LogP) is 2.18. The van der Waals surface area contributed by atoms with Gasteiger partial charge in [-0.3, -0.25) is 15.1 Å². The second-order valence-corrected chi connectivity index (χ2v) is 3.27. The fraction of sp³-hybridized carbons (Fsp3) is 0.167. The Morgan fingerprint density at radius 2 is 2.42 bits per heavy atom. The standard InChI is InChI=1S/C6H5BrN2O2S/c7-4-1-6(9(10)11)5(3-12)8-2-4/h1-2,12H,3H2. The fourth-order valence-electron chi connectivity index (χ4n) is 0.737. The van der Waals surface area contributed by atoms with E-state index in [1.165, 1.54) is 12.3 Å². The van der Waals surface area contributed by atoms with Crippen molar-refractivity contribution >= 4 is 34.2 Å². The summed E-state index contributed by atoms with van der Waals surface area (Å²) in [4.78, 5) is 13.8. The Morgan fingerprint density at radius 1 is 1.75 bits per heavy atom. The Morgan fingerprint density at radius 3 is 2.92 bits per heavy atom. The highest BCUT2D eigenvalue weighted by atomic mass is 79.9. The van der Waals surface area contributed by atoms with Gasteiger partial charge < -0.3 is 0 Å². The molecular weight excluding hydrogens is 244 g/mol. The van der Waals surface area contributed by atoms with Gasteiger partial charge in [-0.1, -0.05) is 0 Å². The average molecular weight is 249 g/mol. The van der Waals surface area contributed by atoms with Gasteiger partial charge in [0.25, 0.3) is 5.69 Å². The molecule has 0 aliphatic carbocycles. The monoisotopic (exact) mass is 248 g/mol. The van der Waals surface area contributed by atoms with E-state index in [-0.39, 0.29) is 11.4 Å². The first-order valence-electron chi connectivity index (χ1n) is 3.05. The highest BCUT2D eigenvalue weighted by Gasteiger charge is 2.13. The number of rotatable bonds is 2. The van der Waals surface area contributed by atoms with Crippen LogP contribution in [0.5, 0.6) is 0 Å². The summed E-state index contributed by atoms with van der Waals surface area (Å²) in [6.07, 6.45) is 1.51. The van der Waals surface area contributed by atoms with Crippen LogP contribution in [0.4, 0.5) is 5.69 Å². The summed E-state index contributed by atoms with van der Waals surface area (Å²) in [6.45, 7) is 0. The number of hydrogen-bond acceptors (Lipinski definition) is 4. The summed E-state index contributed by atoms with van der Waals surface area (Å²) in [5.41, 5.74) is 0.380. The minimum absolute atomic E-state index is 0.000579. The zero-order valence-corrected chi connectivity index (χ0v) is 8.38. The number of halogens is 1. The van der Waals surface area contributed by atoms with E-state index in [2.05, 4.69) is 33.5 Å². The summed E-state index contributed by atoms with van der Waals surface area (Å²) >= 11 is 7.03. The lowest BCUT2D eigenvalue weighted by molar-refractivity contribution is -0.385. The van der Waals surface area contributed by atoms with Gasteiger partial charge in [-0.2, -0.15) is 12.6 Å². The molecule has 0 bridgehead atoms. The van der Waals surface area contributed by atoms with Gasteiger partial charge in [0.15, 0.2) is 0 Å². The summed E-state index contributed by atoms with van der Waals surface area (Å²) in [5, 5.41) is 10.4. The largest absolute Gasteiger partial charge is 0.292 e. The molecule has 0 unspecified atom stereocenters. The maximum Gasteiger partial charge on any atom is 0.292 e.